The summed E-state index contributed by atoms with van der Waals surface area (Å²) in [6.45, 7) is 2.69. The number of ether oxygens (including phenoxy) is 1. The molecule has 3 aromatic rings. The Balaban J connectivity index is 1.26. The van der Waals surface area contributed by atoms with E-state index in [1.54, 1.807) is 13.2 Å². The van der Waals surface area contributed by atoms with Crippen molar-refractivity contribution in [3.63, 3.8) is 0 Å². The predicted octanol–water partition coefficient (Wildman–Crippen LogP) is 3.38. The lowest BCUT2D eigenvalue weighted by Crippen LogP contribution is -2.49. The van der Waals surface area contributed by atoms with Crippen LogP contribution in [0, 0.1) is 5.82 Å². The summed E-state index contributed by atoms with van der Waals surface area (Å²) in [6.07, 6.45) is 0. The van der Waals surface area contributed by atoms with Crippen LogP contribution in [0.15, 0.2) is 52.9 Å². The van der Waals surface area contributed by atoms with Crippen molar-refractivity contribution < 1.29 is 18.7 Å². The highest BCUT2D eigenvalue weighted by Crippen LogP contribution is 2.29. The van der Waals surface area contributed by atoms with Crippen LogP contribution in [0.2, 0.25) is 0 Å². The molecule has 33 heavy (non-hydrogen) atoms. The SMILES string of the molecule is COc1ccccc1N1CCN(C(=O)CSc2nnc(NC(=O)c3ccccc3F)s2)CC1. The van der Waals surface area contributed by atoms with Crippen molar-refractivity contribution >= 4 is 45.7 Å². The Labute approximate surface area is 198 Å². The molecule has 1 aromatic heterocycles. The Hall–Kier alpha value is -3.18. The standard InChI is InChI=1S/C22H22FN5O3S2/c1-31-18-9-5-4-8-17(18)27-10-12-28(13-11-27)19(29)14-32-22-26-25-21(33-22)24-20(30)15-6-2-3-7-16(15)23/h2-9H,10-14H2,1H3,(H,24,25,30). The summed E-state index contributed by atoms with van der Waals surface area (Å²) in [7, 11) is 1.65. The van der Waals surface area contributed by atoms with Gasteiger partial charge in [-0.2, -0.15) is 0 Å². The first-order valence-electron chi connectivity index (χ1n) is 10.2. The van der Waals surface area contributed by atoms with E-state index in [0.29, 0.717) is 17.4 Å². The molecule has 0 aliphatic carbocycles. The summed E-state index contributed by atoms with van der Waals surface area (Å²) in [5.74, 6) is -0.131. The first kappa shape index (κ1) is 23.0. The van der Waals surface area contributed by atoms with Crippen molar-refractivity contribution in [2.75, 3.05) is 49.3 Å². The number of rotatable bonds is 7. The maximum atomic E-state index is 13.7. The summed E-state index contributed by atoms with van der Waals surface area (Å²) in [6, 6.07) is 13.6. The molecule has 2 aromatic carbocycles. The van der Waals surface area contributed by atoms with Crippen LogP contribution in [0.4, 0.5) is 15.2 Å². The molecular formula is C22H22FN5O3S2. The number of carbonyl (C=O) groups is 2. The van der Waals surface area contributed by atoms with Crippen LogP contribution in [0.1, 0.15) is 10.4 Å². The summed E-state index contributed by atoms with van der Waals surface area (Å²) in [5.41, 5.74) is 0.963. The van der Waals surface area contributed by atoms with E-state index in [1.165, 1.54) is 30.0 Å². The van der Waals surface area contributed by atoms with Gasteiger partial charge in [-0.3, -0.25) is 14.9 Å². The zero-order chi connectivity index (χ0) is 23.2. The minimum atomic E-state index is -0.606. The molecule has 0 unspecified atom stereocenters. The largest absolute Gasteiger partial charge is 0.495 e. The molecule has 1 N–H and O–H groups in total. The van der Waals surface area contributed by atoms with Gasteiger partial charge in [-0.05, 0) is 24.3 Å². The number of methoxy groups -OCH3 is 1. The highest BCUT2D eigenvalue weighted by Gasteiger charge is 2.23. The fraction of sp³-hybridized carbons (Fsp3) is 0.273. The Morgan fingerprint density at radius 1 is 1.09 bits per heavy atom. The Bertz CT molecular complexity index is 1130. The number of aromatic nitrogens is 2. The van der Waals surface area contributed by atoms with Crippen LogP contribution in [0.25, 0.3) is 0 Å². The third kappa shape index (κ3) is 5.60. The van der Waals surface area contributed by atoms with Gasteiger partial charge >= 0.3 is 0 Å². The molecule has 8 nitrogen and oxygen atoms in total. The summed E-state index contributed by atoms with van der Waals surface area (Å²) >= 11 is 2.41. The predicted molar refractivity (Wildman–Crippen MR) is 127 cm³/mol. The molecule has 172 valence electrons. The summed E-state index contributed by atoms with van der Waals surface area (Å²) in [5, 5.41) is 10.7. The molecule has 1 saturated heterocycles. The zero-order valence-electron chi connectivity index (χ0n) is 17.9. The average Bonchev–Trinajstić information content (AvgIpc) is 3.30. The maximum absolute atomic E-state index is 13.7. The van der Waals surface area contributed by atoms with E-state index >= 15 is 0 Å². The second-order valence-electron chi connectivity index (χ2n) is 7.14. The molecule has 0 saturated carbocycles. The Morgan fingerprint density at radius 3 is 2.58 bits per heavy atom. The van der Waals surface area contributed by atoms with E-state index in [2.05, 4.69) is 20.4 Å². The number of hydrogen-bond acceptors (Lipinski definition) is 8. The van der Waals surface area contributed by atoms with Crippen molar-refractivity contribution in [2.24, 2.45) is 0 Å². The van der Waals surface area contributed by atoms with Crippen molar-refractivity contribution in [1.29, 1.82) is 0 Å². The van der Waals surface area contributed by atoms with Gasteiger partial charge in [0.05, 0.1) is 24.1 Å². The lowest BCUT2D eigenvalue weighted by atomic mass is 10.2. The van der Waals surface area contributed by atoms with Crippen LogP contribution in [-0.4, -0.2) is 66.0 Å². The van der Waals surface area contributed by atoms with E-state index in [-0.39, 0.29) is 22.4 Å². The number of amides is 2. The van der Waals surface area contributed by atoms with E-state index < -0.39 is 11.7 Å². The van der Waals surface area contributed by atoms with Gasteiger partial charge in [0.2, 0.25) is 11.0 Å². The normalized spacial score (nSPS) is 13.6. The average molecular weight is 488 g/mol. The number of anilines is 2. The number of hydrogen-bond donors (Lipinski definition) is 1. The Kier molecular flexibility index (Phi) is 7.40. The van der Waals surface area contributed by atoms with Gasteiger partial charge in [0.1, 0.15) is 11.6 Å². The molecule has 0 spiro atoms. The van der Waals surface area contributed by atoms with E-state index in [1.807, 2.05) is 29.2 Å². The number of halogens is 1. The second kappa shape index (κ2) is 10.6. The van der Waals surface area contributed by atoms with Gasteiger partial charge in [0, 0.05) is 26.2 Å². The van der Waals surface area contributed by atoms with Crippen LogP contribution in [0.5, 0.6) is 5.75 Å². The molecule has 0 bridgehead atoms. The molecule has 1 fully saturated rings. The number of piperazine rings is 1. The fourth-order valence-electron chi connectivity index (χ4n) is 3.43. The molecular weight excluding hydrogens is 465 g/mol. The molecule has 2 amide bonds. The van der Waals surface area contributed by atoms with E-state index in [4.69, 9.17) is 4.74 Å². The molecule has 0 radical (unpaired) electrons. The van der Waals surface area contributed by atoms with Crippen LogP contribution in [0.3, 0.4) is 0 Å². The van der Waals surface area contributed by atoms with Crippen molar-refractivity contribution in [2.45, 2.75) is 4.34 Å². The third-order valence-corrected chi connectivity index (χ3v) is 7.08. The van der Waals surface area contributed by atoms with Crippen molar-refractivity contribution in [1.82, 2.24) is 15.1 Å². The monoisotopic (exact) mass is 487 g/mol. The maximum Gasteiger partial charge on any atom is 0.260 e. The molecule has 1 aliphatic rings. The number of thioether (sulfide) groups is 1. The minimum absolute atomic E-state index is 0.0202. The highest BCUT2D eigenvalue weighted by molar-refractivity contribution is 8.01. The minimum Gasteiger partial charge on any atom is -0.495 e. The first-order chi connectivity index (χ1) is 16.0. The molecule has 11 heteroatoms. The summed E-state index contributed by atoms with van der Waals surface area (Å²) < 4.78 is 19.7. The van der Waals surface area contributed by atoms with Crippen LogP contribution in [-0.2, 0) is 4.79 Å². The highest BCUT2D eigenvalue weighted by atomic mass is 32.2. The second-order valence-corrected chi connectivity index (χ2v) is 9.34. The lowest BCUT2D eigenvalue weighted by Gasteiger charge is -2.36. The lowest BCUT2D eigenvalue weighted by molar-refractivity contribution is -0.128. The summed E-state index contributed by atoms with van der Waals surface area (Å²) in [4.78, 5) is 28.9. The van der Waals surface area contributed by atoms with Gasteiger partial charge in [-0.25, -0.2) is 4.39 Å². The third-order valence-electron chi connectivity index (χ3n) is 5.12. The quantitative estimate of drug-likeness (QED) is 0.404. The first-order valence-corrected chi connectivity index (χ1v) is 12.0. The molecule has 4 rings (SSSR count). The van der Waals surface area contributed by atoms with Gasteiger partial charge in [-0.1, -0.05) is 47.4 Å². The van der Waals surface area contributed by atoms with Gasteiger partial charge < -0.3 is 14.5 Å². The molecule has 0 atom stereocenters. The van der Waals surface area contributed by atoms with Crippen molar-refractivity contribution in [3.05, 3.63) is 59.9 Å². The Morgan fingerprint density at radius 2 is 1.82 bits per heavy atom. The number of benzene rings is 2. The van der Waals surface area contributed by atoms with E-state index in [0.717, 1.165) is 35.9 Å². The number of nitrogens with one attached hydrogen (secondary N) is 1. The van der Waals surface area contributed by atoms with Crippen LogP contribution >= 0.6 is 23.1 Å². The molecule has 1 aliphatic heterocycles. The number of para-hydroxylation sites is 2. The number of nitrogens with zero attached hydrogens (tertiary/aromatic N) is 4. The van der Waals surface area contributed by atoms with Gasteiger partial charge in [0.25, 0.3) is 5.91 Å². The van der Waals surface area contributed by atoms with Crippen molar-refractivity contribution in [3.8, 4) is 5.75 Å². The molecule has 2 heterocycles. The zero-order valence-corrected chi connectivity index (χ0v) is 19.5. The smallest absolute Gasteiger partial charge is 0.260 e. The van der Waals surface area contributed by atoms with Gasteiger partial charge in [-0.15, -0.1) is 10.2 Å². The topological polar surface area (TPSA) is 87.7 Å². The van der Waals surface area contributed by atoms with Crippen LogP contribution < -0.4 is 15.0 Å². The van der Waals surface area contributed by atoms with Gasteiger partial charge in [0.15, 0.2) is 4.34 Å². The fourth-order valence-corrected chi connectivity index (χ4v) is 5.08. The van der Waals surface area contributed by atoms with E-state index in [9.17, 15) is 14.0 Å². The number of carbonyl (C=O) groups excluding carboxylic acids is 2.